The summed E-state index contributed by atoms with van der Waals surface area (Å²) in [7, 11) is 0. The zero-order chi connectivity index (χ0) is 39.1. The number of rotatable bonds is 9. The number of halogens is 13. The van der Waals surface area contributed by atoms with Crippen molar-refractivity contribution in [1.29, 1.82) is 0 Å². The third-order valence-electron chi connectivity index (χ3n) is 5.04. The van der Waals surface area contributed by atoms with E-state index >= 15 is 0 Å². The van der Waals surface area contributed by atoms with Crippen LogP contribution < -0.4 is 118 Å². The van der Waals surface area contributed by atoms with E-state index in [-0.39, 0.29) is 155 Å². The van der Waals surface area contributed by atoms with E-state index in [0.717, 1.165) is 41.0 Å². The van der Waals surface area contributed by atoms with Crippen LogP contribution in [0.3, 0.4) is 0 Å². The minimum Gasteiger partial charge on any atom is -1.00 e. The van der Waals surface area contributed by atoms with Crippen molar-refractivity contribution in [1.82, 2.24) is 0 Å². The monoisotopic (exact) mass is 1130 g/mol. The average molecular weight is 1140 g/mol. The fraction of sp³-hybridized carbons (Fsp3) is 0.194. The van der Waals surface area contributed by atoms with Crippen LogP contribution in [0, 0.1) is 46.5 Å². The number of phenols is 2. The Kier molecular flexibility index (Phi) is 36.7. The molecular formula is C31H25Br5F8K2O7. The molecule has 0 radical (unpaired) electrons. The quantitative estimate of drug-likeness (QED) is 0.0374. The van der Waals surface area contributed by atoms with Gasteiger partial charge in [-0.05, 0) is 103 Å². The van der Waals surface area contributed by atoms with E-state index in [1.165, 1.54) is 30.7 Å². The Morgan fingerprint density at radius 1 is 0.604 bits per heavy atom. The smallest absolute Gasteiger partial charge is 1.00 e. The Morgan fingerprint density at radius 2 is 0.981 bits per heavy atom. The first-order chi connectivity index (χ1) is 24.1. The molecule has 0 saturated heterocycles. The molecule has 0 saturated carbocycles. The molecule has 53 heavy (non-hydrogen) atoms. The van der Waals surface area contributed by atoms with E-state index in [1.807, 2.05) is 0 Å². The first-order valence-electron chi connectivity index (χ1n) is 13.4. The summed E-state index contributed by atoms with van der Waals surface area (Å²) in [5.74, 6) is -10.6. The minimum atomic E-state index is -1.23. The standard InChI is InChI=1S/C15H10Br2F4O2.C6H3BrF2O.C6H4F2O.C3H6Br2.CH2O3.2K.H/c16-8-2-4-10(18)12(20)14(8)22-6-1-7-23-15-9(17)3-5-11(19)13(15)21;7-3-1-2-4(8)5(9)6(3)10;7-4-2-1-3-5(9)6(4)8;4-2-1-3-5;2-1-4-3;;;/h2-5H,1,6-7H2;1-2,10H;1-3,9H;1-3H2;1,3H;;;/q;;;;;2*+1;-1/p-1. The van der Waals surface area contributed by atoms with E-state index in [1.54, 1.807) is 0 Å². The van der Waals surface area contributed by atoms with Gasteiger partial charge in [-0.25, -0.2) is 17.6 Å². The summed E-state index contributed by atoms with van der Waals surface area (Å²) >= 11 is 15.5. The van der Waals surface area contributed by atoms with Crippen LogP contribution in [0.25, 0.3) is 0 Å². The van der Waals surface area contributed by atoms with E-state index in [2.05, 4.69) is 84.5 Å². The van der Waals surface area contributed by atoms with Crippen LogP contribution in [0.2, 0.25) is 0 Å². The molecule has 4 rings (SSSR count). The van der Waals surface area contributed by atoms with Gasteiger partial charge in [-0.3, -0.25) is 4.79 Å². The minimum absolute atomic E-state index is 0. The molecule has 0 bridgehead atoms. The van der Waals surface area contributed by atoms with Gasteiger partial charge >= 0.3 is 103 Å². The number of alkyl halides is 2. The summed E-state index contributed by atoms with van der Waals surface area (Å²) in [6.45, 7) is -0.166. The molecule has 4 aromatic carbocycles. The molecule has 7 nitrogen and oxygen atoms in total. The molecule has 4 aromatic rings. The number of aromatic hydroxyl groups is 2. The first-order valence-corrected chi connectivity index (χ1v) is 18.0. The van der Waals surface area contributed by atoms with Crippen molar-refractivity contribution in [3.8, 4) is 23.0 Å². The van der Waals surface area contributed by atoms with E-state index in [0.29, 0.717) is 0 Å². The molecule has 2 N–H and O–H groups in total. The molecule has 22 heteroatoms. The summed E-state index contributed by atoms with van der Waals surface area (Å²) in [6, 6.07) is 10.0. The van der Waals surface area contributed by atoms with Crippen LogP contribution in [0.4, 0.5) is 35.1 Å². The Labute approximate surface area is 427 Å². The molecule has 0 unspecified atom stereocenters. The van der Waals surface area contributed by atoms with E-state index in [4.69, 9.17) is 29.7 Å². The Hall–Kier alpha value is 0.623. The number of phenolic OH excluding ortho intramolecular Hbond substituents is 2. The van der Waals surface area contributed by atoms with Crippen molar-refractivity contribution in [3.05, 3.63) is 115 Å². The molecule has 284 valence electrons. The van der Waals surface area contributed by atoms with Crippen LogP contribution >= 0.6 is 79.6 Å². The fourth-order valence-corrected chi connectivity index (χ4v) is 5.21. The maximum atomic E-state index is 13.5. The summed E-state index contributed by atoms with van der Waals surface area (Å²) in [5, 5.41) is 27.9. The van der Waals surface area contributed by atoms with Crippen LogP contribution in [-0.4, -0.2) is 40.6 Å². The Bertz CT molecular complexity index is 1570. The van der Waals surface area contributed by atoms with Crippen LogP contribution in [0.15, 0.2) is 68.0 Å². The van der Waals surface area contributed by atoms with Crippen molar-refractivity contribution in [2.24, 2.45) is 0 Å². The van der Waals surface area contributed by atoms with Gasteiger partial charge in [0.05, 0.1) is 26.6 Å². The van der Waals surface area contributed by atoms with Gasteiger partial charge in [-0.15, -0.1) is 0 Å². The fourth-order valence-electron chi connectivity index (χ4n) is 2.75. The van der Waals surface area contributed by atoms with Gasteiger partial charge in [0.15, 0.2) is 52.1 Å². The summed E-state index contributed by atoms with van der Waals surface area (Å²) in [6.07, 6.45) is 1.48. The molecule has 0 atom stereocenters. The Balaban J connectivity index is -0.000000336. The summed E-state index contributed by atoms with van der Waals surface area (Å²) in [4.78, 5) is 11.2. The number of carbonyl (C=O) groups excluding carboxylic acids is 1. The summed E-state index contributed by atoms with van der Waals surface area (Å²) < 4.78 is 113. The van der Waals surface area contributed by atoms with E-state index in [9.17, 15) is 35.1 Å². The molecule has 0 fully saturated rings. The molecule has 0 aromatic heterocycles. The van der Waals surface area contributed by atoms with Crippen molar-refractivity contribution in [2.75, 3.05) is 23.9 Å². The predicted molar refractivity (Wildman–Crippen MR) is 188 cm³/mol. The number of benzene rings is 4. The van der Waals surface area contributed by atoms with Gasteiger partial charge in [0.1, 0.15) is 0 Å². The van der Waals surface area contributed by atoms with Gasteiger partial charge < -0.3 is 31.3 Å². The van der Waals surface area contributed by atoms with Gasteiger partial charge in [0.25, 0.3) is 6.47 Å². The molecule has 0 heterocycles. The third-order valence-corrected chi connectivity index (χ3v) is 8.05. The van der Waals surface area contributed by atoms with Crippen molar-refractivity contribution in [3.63, 3.8) is 0 Å². The number of ether oxygens (including phenoxy) is 2. The SMILES string of the molecule is BrCCCBr.Fc1ccc(Br)c(OCCCOc2c(Br)ccc(F)c2F)c1F.O=CO[O-].Oc1c(Br)ccc(F)c1F.Oc1cccc(F)c1F.[H-].[K+].[K+]. The maximum Gasteiger partial charge on any atom is 1.00 e. The van der Waals surface area contributed by atoms with Crippen LogP contribution in [-0.2, 0) is 9.68 Å². The molecule has 0 aliphatic rings. The zero-order valence-electron chi connectivity index (χ0n) is 28.4. The van der Waals surface area contributed by atoms with Gasteiger partial charge in [-0.2, -0.15) is 17.6 Å². The maximum absolute atomic E-state index is 13.5. The average Bonchev–Trinajstić information content (AvgIpc) is 3.11. The van der Waals surface area contributed by atoms with Crippen molar-refractivity contribution < 1.29 is 174 Å². The van der Waals surface area contributed by atoms with Crippen molar-refractivity contribution >= 4 is 86.1 Å². The van der Waals surface area contributed by atoms with Crippen LogP contribution in [0.5, 0.6) is 23.0 Å². The topological polar surface area (TPSA) is 108 Å². The molecule has 0 aliphatic heterocycles. The summed E-state index contributed by atoms with van der Waals surface area (Å²) in [5.41, 5.74) is 0. The molecule has 0 amide bonds. The van der Waals surface area contributed by atoms with Crippen LogP contribution in [0.1, 0.15) is 14.3 Å². The second-order valence-corrected chi connectivity index (χ2v) is 12.7. The predicted octanol–water partition coefficient (Wildman–Crippen LogP) is 4.44. The van der Waals surface area contributed by atoms with Gasteiger partial charge in [-0.1, -0.05) is 37.9 Å². The number of carbonyl (C=O) groups is 1. The largest absolute Gasteiger partial charge is 1.00 e. The van der Waals surface area contributed by atoms with Gasteiger partial charge in [0, 0.05) is 17.1 Å². The third kappa shape index (κ3) is 23.0. The second kappa shape index (κ2) is 33.6. The number of hydrogen-bond acceptors (Lipinski definition) is 7. The molecular weight excluding hydrogens is 1110 g/mol. The zero-order valence-corrected chi connectivity index (χ0v) is 41.5. The normalized spacial score (nSPS) is 9.32. The second-order valence-electron chi connectivity index (χ2n) is 8.58. The Morgan fingerprint density at radius 3 is 1.30 bits per heavy atom. The van der Waals surface area contributed by atoms with E-state index < -0.39 is 58.0 Å². The molecule has 0 aliphatic carbocycles. The molecule has 0 spiro atoms. The van der Waals surface area contributed by atoms with Gasteiger partial charge in [0.2, 0.25) is 17.5 Å². The number of hydrogen-bond donors (Lipinski definition) is 2. The first kappa shape index (κ1) is 57.9. The van der Waals surface area contributed by atoms with Crippen molar-refractivity contribution in [2.45, 2.75) is 12.8 Å².